The third-order valence-electron chi connectivity index (χ3n) is 3.23. The minimum atomic E-state index is -3.44. The molecule has 6 nitrogen and oxygen atoms in total. The van der Waals surface area contributed by atoms with Gasteiger partial charge in [0.2, 0.25) is 0 Å². The molecule has 2 N–H and O–H groups in total. The summed E-state index contributed by atoms with van der Waals surface area (Å²) in [6.45, 7) is 5.32. The molecule has 1 saturated heterocycles. The van der Waals surface area contributed by atoms with Gasteiger partial charge in [0.05, 0.1) is 0 Å². The molecule has 1 atom stereocenters. The third-order valence-corrected chi connectivity index (χ3v) is 4.80. The molecule has 0 aromatic carbocycles. The summed E-state index contributed by atoms with van der Waals surface area (Å²) in [7, 11) is -3.44. The number of hydrogen-bond acceptors (Lipinski definition) is 3. The lowest BCUT2D eigenvalue weighted by atomic mass is 9.94. The molecule has 1 fully saturated rings. The standard InChI is InChI=1S/C12H24N2O4S/c1-10(2)7-11(8-12(15)16)9-13-19(17,18)14-5-3-4-6-14/h10-11,13H,3-9H2,1-2H3,(H,15,16)/t11-/m0/s1. The first kappa shape index (κ1) is 16.4. The fourth-order valence-electron chi connectivity index (χ4n) is 2.40. The molecule has 0 spiro atoms. The molecular formula is C12H24N2O4S. The molecular weight excluding hydrogens is 268 g/mol. The van der Waals surface area contributed by atoms with E-state index < -0.39 is 16.2 Å². The Morgan fingerprint density at radius 1 is 1.32 bits per heavy atom. The Morgan fingerprint density at radius 3 is 2.37 bits per heavy atom. The van der Waals surface area contributed by atoms with E-state index in [0.29, 0.717) is 25.4 Å². The zero-order chi connectivity index (χ0) is 14.5. The zero-order valence-corrected chi connectivity index (χ0v) is 12.4. The summed E-state index contributed by atoms with van der Waals surface area (Å²) in [6, 6.07) is 0. The van der Waals surface area contributed by atoms with Crippen LogP contribution in [0.3, 0.4) is 0 Å². The van der Waals surface area contributed by atoms with E-state index >= 15 is 0 Å². The molecule has 112 valence electrons. The smallest absolute Gasteiger partial charge is 0.303 e. The van der Waals surface area contributed by atoms with Crippen LogP contribution in [0.2, 0.25) is 0 Å². The van der Waals surface area contributed by atoms with Gasteiger partial charge in [0.1, 0.15) is 0 Å². The third kappa shape index (κ3) is 5.88. The van der Waals surface area contributed by atoms with E-state index in [1.165, 1.54) is 4.31 Å². The van der Waals surface area contributed by atoms with Crippen LogP contribution in [0.5, 0.6) is 0 Å². The maximum absolute atomic E-state index is 12.0. The second-order valence-electron chi connectivity index (χ2n) is 5.55. The van der Waals surface area contributed by atoms with Crippen molar-refractivity contribution in [1.82, 2.24) is 9.03 Å². The van der Waals surface area contributed by atoms with Crippen LogP contribution in [0, 0.1) is 11.8 Å². The van der Waals surface area contributed by atoms with Crippen LogP contribution in [0.1, 0.15) is 39.5 Å². The maximum atomic E-state index is 12.0. The van der Waals surface area contributed by atoms with E-state index in [9.17, 15) is 13.2 Å². The average molecular weight is 292 g/mol. The summed E-state index contributed by atoms with van der Waals surface area (Å²) >= 11 is 0. The largest absolute Gasteiger partial charge is 0.481 e. The van der Waals surface area contributed by atoms with Gasteiger partial charge in [-0.1, -0.05) is 13.8 Å². The van der Waals surface area contributed by atoms with Crippen LogP contribution in [0.4, 0.5) is 0 Å². The second-order valence-corrected chi connectivity index (χ2v) is 7.31. The van der Waals surface area contributed by atoms with Crippen molar-refractivity contribution in [2.24, 2.45) is 11.8 Å². The highest BCUT2D eigenvalue weighted by Crippen LogP contribution is 2.16. The van der Waals surface area contributed by atoms with Gasteiger partial charge in [-0.3, -0.25) is 4.79 Å². The van der Waals surface area contributed by atoms with Crippen molar-refractivity contribution in [2.75, 3.05) is 19.6 Å². The van der Waals surface area contributed by atoms with E-state index in [2.05, 4.69) is 4.72 Å². The maximum Gasteiger partial charge on any atom is 0.303 e. The first-order chi connectivity index (χ1) is 8.81. The van der Waals surface area contributed by atoms with Crippen molar-refractivity contribution in [3.63, 3.8) is 0 Å². The summed E-state index contributed by atoms with van der Waals surface area (Å²) in [5.41, 5.74) is 0. The summed E-state index contributed by atoms with van der Waals surface area (Å²) in [4.78, 5) is 10.8. The number of nitrogens with one attached hydrogen (secondary N) is 1. The summed E-state index contributed by atoms with van der Waals surface area (Å²) in [5, 5.41) is 8.85. The lowest BCUT2D eigenvalue weighted by Gasteiger charge is -2.21. The fourth-order valence-corrected chi connectivity index (χ4v) is 3.76. The van der Waals surface area contributed by atoms with Gasteiger partial charge in [0.15, 0.2) is 0 Å². The van der Waals surface area contributed by atoms with Gasteiger partial charge < -0.3 is 5.11 Å². The Hall–Kier alpha value is -0.660. The lowest BCUT2D eigenvalue weighted by molar-refractivity contribution is -0.138. The molecule has 0 aliphatic carbocycles. The number of carboxylic acids is 1. The number of carbonyl (C=O) groups is 1. The van der Waals surface area contributed by atoms with Gasteiger partial charge in [-0.05, 0) is 31.1 Å². The molecule has 19 heavy (non-hydrogen) atoms. The van der Waals surface area contributed by atoms with Gasteiger partial charge in [0, 0.05) is 26.1 Å². The topological polar surface area (TPSA) is 86.7 Å². The lowest BCUT2D eigenvalue weighted by Crippen LogP contribution is -2.41. The van der Waals surface area contributed by atoms with Crippen LogP contribution >= 0.6 is 0 Å². The average Bonchev–Trinajstić information content (AvgIpc) is 2.78. The van der Waals surface area contributed by atoms with Gasteiger partial charge in [-0.25, -0.2) is 4.72 Å². The quantitative estimate of drug-likeness (QED) is 0.700. The fraction of sp³-hybridized carbons (Fsp3) is 0.917. The van der Waals surface area contributed by atoms with E-state index in [4.69, 9.17) is 5.11 Å². The number of rotatable bonds is 8. The highest BCUT2D eigenvalue weighted by Gasteiger charge is 2.26. The van der Waals surface area contributed by atoms with Crippen LogP contribution in [0.15, 0.2) is 0 Å². The molecule has 0 amide bonds. The predicted octanol–water partition coefficient (Wildman–Crippen LogP) is 1.05. The molecule has 0 radical (unpaired) electrons. The molecule has 7 heteroatoms. The summed E-state index contributed by atoms with van der Waals surface area (Å²) in [5.74, 6) is -0.693. The van der Waals surface area contributed by atoms with Crippen molar-refractivity contribution in [3.8, 4) is 0 Å². The molecule has 1 heterocycles. The number of hydrogen-bond donors (Lipinski definition) is 2. The molecule has 0 bridgehead atoms. The highest BCUT2D eigenvalue weighted by atomic mass is 32.2. The van der Waals surface area contributed by atoms with Crippen molar-refractivity contribution in [2.45, 2.75) is 39.5 Å². The van der Waals surface area contributed by atoms with E-state index in [0.717, 1.165) is 12.8 Å². The molecule has 0 aromatic rings. The Labute approximate surface area is 115 Å². The first-order valence-corrected chi connectivity index (χ1v) is 8.22. The molecule has 1 aliphatic heterocycles. The van der Waals surface area contributed by atoms with Gasteiger partial charge in [-0.15, -0.1) is 0 Å². The molecule has 1 rings (SSSR count). The number of carboxylic acid groups (broad SMARTS) is 1. The van der Waals surface area contributed by atoms with Crippen molar-refractivity contribution in [1.29, 1.82) is 0 Å². The Morgan fingerprint density at radius 2 is 1.89 bits per heavy atom. The predicted molar refractivity (Wildman–Crippen MR) is 72.9 cm³/mol. The van der Waals surface area contributed by atoms with Gasteiger partial charge >= 0.3 is 5.97 Å². The van der Waals surface area contributed by atoms with Gasteiger partial charge in [-0.2, -0.15) is 12.7 Å². The van der Waals surface area contributed by atoms with E-state index in [1.807, 2.05) is 13.8 Å². The molecule has 0 aromatic heterocycles. The summed E-state index contributed by atoms with van der Waals surface area (Å²) < 4.78 is 27.9. The minimum absolute atomic E-state index is 0.000694. The zero-order valence-electron chi connectivity index (χ0n) is 11.6. The normalized spacial score (nSPS) is 18.9. The van der Waals surface area contributed by atoms with E-state index in [-0.39, 0.29) is 18.9 Å². The van der Waals surface area contributed by atoms with Crippen molar-refractivity contribution < 1.29 is 18.3 Å². The van der Waals surface area contributed by atoms with Crippen LogP contribution < -0.4 is 4.72 Å². The van der Waals surface area contributed by atoms with Crippen molar-refractivity contribution >= 4 is 16.2 Å². The Balaban J connectivity index is 2.51. The van der Waals surface area contributed by atoms with Gasteiger partial charge in [0.25, 0.3) is 10.2 Å². The molecule has 0 unspecified atom stereocenters. The highest BCUT2D eigenvalue weighted by molar-refractivity contribution is 7.87. The monoisotopic (exact) mass is 292 g/mol. The number of aliphatic carboxylic acids is 1. The van der Waals surface area contributed by atoms with Crippen molar-refractivity contribution in [3.05, 3.63) is 0 Å². The Kier molecular flexibility index (Phi) is 6.22. The molecule has 1 aliphatic rings. The van der Waals surface area contributed by atoms with Crippen LogP contribution in [-0.4, -0.2) is 43.4 Å². The van der Waals surface area contributed by atoms with Crippen LogP contribution in [-0.2, 0) is 15.0 Å². The SMILES string of the molecule is CC(C)C[C@H](CNS(=O)(=O)N1CCCC1)CC(=O)O. The summed E-state index contributed by atoms with van der Waals surface area (Å²) in [6.07, 6.45) is 2.49. The minimum Gasteiger partial charge on any atom is -0.481 e. The second kappa shape index (κ2) is 7.21. The molecule has 0 saturated carbocycles. The number of nitrogens with zero attached hydrogens (tertiary/aromatic N) is 1. The van der Waals surface area contributed by atoms with Crippen LogP contribution in [0.25, 0.3) is 0 Å². The first-order valence-electron chi connectivity index (χ1n) is 6.78. The van der Waals surface area contributed by atoms with E-state index in [1.54, 1.807) is 0 Å². The Bertz CT molecular complexity index is 389.